The topological polar surface area (TPSA) is 190 Å². The van der Waals surface area contributed by atoms with Crippen LogP contribution >= 0.6 is 82.3 Å². The number of ether oxygens (including phenoxy) is 4. The average molecular weight is 1950 g/mol. The molecule has 24 heteroatoms. The molecule has 130 heavy (non-hydrogen) atoms. The summed E-state index contributed by atoms with van der Waals surface area (Å²) in [4.78, 5) is 110. The van der Waals surface area contributed by atoms with Crippen molar-refractivity contribution in [2.24, 2.45) is 49.2 Å². The van der Waals surface area contributed by atoms with Gasteiger partial charge >= 0.3 is 24.4 Å². The Morgan fingerprint density at radius 3 is 0.954 bits per heavy atom. The molecule has 5 unspecified atom stereocenters. The van der Waals surface area contributed by atoms with Crippen LogP contribution in [-0.4, -0.2) is 205 Å². The lowest BCUT2D eigenvalue weighted by molar-refractivity contribution is -0.119. The van der Waals surface area contributed by atoms with Crippen LogP contribution in [0.15, 0.2) is 85.1 Å². The molecule has 0 aromatic heterocycles. The first-order valence-corrected chi connectivity index (χ1v) is 55.4. The van der Waals surface area contributed by atoms with Gasteiger partial charge in [0.2, 0.25) is 20.5 Å². The Morgan fingerprint density at radius 2 is 0.638 bits per heavy atom. The maximum absolute atomic E-state index is 12.6. The Labute approximate surface area is 827 Å². The van der Waals surface area contributed by atoms with Crippen molar-refractivity contribution in [3.05, 3.63) is 85.1 Å². The molecule has 0 bridgehead atoms. The number of allylic oxidation sites excluding steroid dienone is 2. The highest BCUT2D eigenvalue weighted by Crippen LogP contribution is 2.40. The zero-order valence-corrected chi connectivity index (χ0v) is 93.8. The molecule has 17 nitrogen and oxygen atoms in total. The number of hydrogen-bond donors (Lipinski definition) is 0. The summed E-state index contributed by atoms with van der Waals surface area (Å²) in [5.74, 6) is 7.55. The molecule has 0 aromatic carbocycles. The summed E-state index contributed by atoms with van der Waals surface area (Å²) in [5.41, 5.74) is 1.38. The molecule has 0 saturated carbocycles. The molecule has 5 rings (SSSR count). The van der Waals surface area contributed by atoms with Crippen molar-refractivity contribution in [2.45, 2.75) is 384 Å². The normalized spacial score (nSPS) is 18.9. The standard InChI is InChI=1S/C18H31NO3S.C17H29NO3S.C16H27NO3S.C15H25NO3S.C14H28S.C13H25NS.C13H26S/c1-6-13-22-16(21)19-12-9-11-18(19,5)15(20)23-14-8-7-10-17(2,3)4;1-5-12-21-16(20)18-11-8-9-14(18)15(19)22-13-7-6-10-17(2,3)4;1-6-11-20-14(19)17-10-7-8-16(17,5)13(18)21-12-9-15(2,3)4;1-5-10-19-14(18)16-9-6-7-12(16)13(17)20-11-8-15(2,3)4;1-12(14(5,6)7)15-11-9-8-10-13(2,3)4;1-11(12-7-6-9-14(12)5)15-10-8-13(2,3)4;1-11(2)12(3)14-10-8-7-9-13(4,5)6/h6H,1,7-14H2,2-5H3;5,14H,1,6-13H2,2-4H3;6H,1,7-12H2,2-5H3;5,12H,1,6-11H2,2-4H3;1,8-11H2,2-7H3;12H,1,6-10H2,2-5H3;11H,3,7-10H2,1-2,4-6H3. The van der Waals surface area contributed by atoms with E-state index in [1.165, 1.54) is 180 Å². The fraction of sp³-hybridized carbons (Fsp3) is 0.792. The van der Waals surface area contributed by atoms with Gasteiger partial charge in [-0.05, 0) is 243 Å². The number of rotatable bonds is 39. The number of likely N-dealkylation sites (tertiary alicyclic amines) is 5. The number of thioether (sulfide) groups is 7. The second kappa shape index (κ2) is 65.3. The molecule has 5 aliphatic rings. The molecule has 0 spiro atoms. The minimum absolute atomic E-state index is 0.0693. The van der Waals surface area contributed by atoms with Crippen LogP contribution < -0.4 is 0 Å². The third-order valence-corrected chi connectivity index (χ3v) is 30.6. The van der Waals surface area contributed by atoms with E-state index in [2.05, 4.69) is 238 Å². The van der Waals surface area contributed by atoms with E-state index < -0.39 is 35.5 Å². The van der Waals surface area contributed by atoms with Crippen LogP contribution in [0, 0.1) is 49.2 Å². The minimum Gasteiger partial charge on any atom is -0.445 e. The summed E-state index contributed by atoms with van der Waals surface area (Å²) >= 11 is 11.2. The van der Waals surface area contributed by atoms with E-state index >= 15 is 0 Å². The van der Waals surface area contributed by atoms with E-state index in [0.717, 1.165) is 100 Å². The number of hydrogen-bond acceptors (Lipinski definition) is 20. The predicted molar refractivity (Wildman–Crippen MR) is 574 cm³/mol. The summed E-state index contributed by atoms with van der Waals surface area (Å²) in [6.07, 6.45) is 31.4. The smallest absolute Gasteiger partial charge is 0.410 e. The molecule has 0 aliphatic carbocycles. The highest BCUT2D eigenvalue weighted by Gasteiger charge is 2.48. The Hall–Kier alpha value is -3.65. The van der Waals surface area contributed by atoms with Crippen LogP contribution in [0.3, 0.4) is 0 Å². The number of carbonyl (C=O) groups excluding carboxylic acids is 8. The Morgan fingerprint density at radius 1 is 0.354 bits per heavy atom. The summed E-state index contributed by atoms with van der Waals surface area (Å²) in [6, 6.07) is -0.00261. The van der Waals surface area contributed by atoms with Crippen LogP contribution in [0.2, 0.25) is 0 Å². The molecule has 5 fully saturated rings. The van der Waals surface area contributed by atoms with Gasteiger partial charge in [-0.25, -0.2) is 19.2 Å². The van der Waals surface area contributed by atoms with Gasteiger partial charge in [0.05, 0.1) is 0 Å². The van der Waals surface area contributed by atoms with E-state index in [1.54, 1.807) is 19.6 Å². The van der Waals surface area contributed by atoms with E-state index in [0.29, 0.717) is 78.1 Å². The van der Waals surface area contributed by atoms with Gasteiger partial charge in [-0.2, -0.15) is 0 Å². The van der Waals surface area contributed by atoms with Gasteiger partial charge in [-0.1, -0.05) is 323 Å². The summed E-state index contributed by atoms with van der Waals surface area (Å²) in [6.45, 7) is 92.9. The largest absolute Gasteiger partial charge is 0.445 e. The van der Waals surface area contributed by atoms with Gasteiger partial charge < -0.3 is 18.9 Å². The second-order valence-electron chi connectivity index (χ2n) is 45.3. The molecular weight excluding hydrogens is 1760 g/mol. The second-order valence-corrected chi connectivity index (χ2v) is 53.2. The summed E-state index contributed by atoms with van der Waals surface area (Å²) in [7, 11) is 2.22. The molecule has 5 atom stereocenters. The molecule has 4 amide bonds. The Kier molecular flexibility index (Phi) is 64.4. The lowest BCUT2D eigenvalue weighted by Gasteiger charge is -2.32. The molecular formula is C106H191N5O12S7. The average Bonchev–Trinajstić information content (AvgIpc) is 1.64. The first-order valence-electron chi connectivity index (χ1n) is 48.5. The zero-order chi connectivity index (χ0) is 100. The van der Waals surface area contributed by atoms with Crippen LogP contribution in [0.25, 0.3) is 0 Å². The van der Waals surface area contributed by atoms with Crippen molar-refractivity contribution in [3.63, 3.8) is 0 Å². The molecule has 5 aliphatic heterocycles. The van der Waals surface area contributed by atoms with Crippen molar-refractivity contribution in [2.75, 3.05) is 106 Å². The van der Waals surface area contributed by atoms with Gasteiger partial charge in [0.15, 0.2) is 0 Å². The molecule has 5 saturated heterocycles. The van der Waals surface area contributed by atoms with Crippen molar-refractivity contribution in [1.82, 2.24) is 24.5 Å². The van der Waals surface area contributed by atoms with Crippen LogP contribution in [-0.2, 0) is 38.1 Å². The van der Waals surface area contributed by atoms with E-state index in [9.17, 15) is 38.4 Å². The van der Waals surface area contributed by atoms with E-state index in [4.69, 9.17) is 18.9 Å². The molecule has 5 heterocycles. The number of likely N-dealkylation sites (N-methyl/N-ethyl adjacent to an activating group) is 1. The lowest BCUT2D eigenvalue weighted by Crippen LogP contribution is -2.50. The van der Waals surface area contributed by atoms with Gasteiger partial charge in [0.25, 0.3) is 0 Å². The SMILES string of the molecule is C=C(SCCC(C)(C)C)C1CCCN1C.C=C(SCCCCC(C)(C)C)C(C)(C)C.C=C(SCCCCC(C)(C)C)C(C)C.C=CCOC(=O)N1CCCC1(C)C(=O)SCCC(C)(C)C.C=CCOC(=O)N1CCCC1(C)C(=O)SCCCCC(C)(C)C.C=CCOC(=O)N1CCCC1C(=O)SCCC(C)(C)C.C=CCOC(=O)N1CCCC1C(=O)SCCCCC(C)(C)C. The maximum Gasteiger partial charge on any atom is 0.410 e. The van der Waals surface area contributed by atoms with Crippen LogP contribution in [0.1, 0.15) is 354 Å². The van der Waals surface area contributed by atoms with Crippen molar-refractivity contribution < 1.29 is 57.3 Å². The molecule has 0 radical (unpaired) electrons. The van der Waals surface area contributed by atoms with Crippen LogP contribution in [0.5, 0.6) is 0 Å². The first kappa shape index (κ1) is 128. The first-order chi connectivity index (χ1) is 60.0. The third-order valence-electron chi connectivity index (χ3n) is 22.4. The molecule has 0 N–H and O–H groups in total. The monoisotopic (exact) mass is 1950 g/mol. The molecule has 0 aromatic rings. The molecule has 754 valence electrons. The Balaban J connectivity index is 0. The fourth-order valence-corrected chi connectivity index (χ4v) is 22.0. The van der Waals surface area contributed by atoms with Crippen molar-refractivity contribution >= 4 is 127 Å². The number of nitrogens with zero attached hydrogens (tertiary/aromatic N) is 5. The van der Waals surface area contributed by atoms with E-state index in [1.807, 2.05) is 49.1 Å². The third kappa shape index (κ3) is 61.5. The minimum atomic E-state index is -0.735. The highest BCUT2D eigenvalue weighted by atomic mass is 32.2. The fourth-order valence-electron chi connectivity index (χ4n) is 13.7. The zero-order valence-electron chi connectivity index (χ0n) is 88.1. The number of amides is 4. The quantitative estimate of drug-likeness (QED) is 0.0320. The van der Waals surface area contributed by atoms with Gasteiger partial charge in [-0.15, -0.1) is 35.3 Å². The van der Waals surface area contributed by atoms with Crippen molar-refractivity contribution in [1.29, 1.82) is 0 Å². The van der Waals surface area contributed by atoms with E-state index in [-0.39, 0.29) is 75.2 Å². The highest BCUT2D eigenvalue weighted by molar-refractivity contribution is 8.14. The predicted octanol–water partition coefficient (Wildman–Crippen LogP) is 30.6. The summed E-state index contributed by atoms with van der Waals surface area (Å²) < 4.78 is 20.3. The van der Waals surface area contributed by atoms with Crippen molar-refractivity contribution in [3.8, 4) is 0 Å². The van der Waals surface area contributed by atoms with Gasteiger partial charge in [-0.3, -0.25) is 43.7 Å². The maximum atomic E-state index is 12.6. The summed E-state index contributed by atoms with van der Waals surface area (Å²) in [5, 5.41) is 0.340. The number of carbonyl (C=O) groups is 8. The number of unbranched alkanes of at least 4 members (excludes halogenated alkanes) is 4. The Bertz CT molecular complexity index is 3360. The van der Waals surface area contributed by atoms with Crippen LogP contribution in [0.4, 0.5) is 19.2 Å². The lowest BCUT2D eigenvalue weighted by atomic mass is 9.90. The van der Waals surface area contributed by atoms with Gasteiger partial charge in [0.1, 0.15) is 49.6 Å². The van der Waals surface area contributed by atoms with Gasteiger partial charge in [0, 0.05) is 55.2 Å².